The molecule has 0 bridgehead atoms. The summed E-state index contributed by atoms with van der Waals surface area (Å²) in [5, 5.41) is 21.3. The molecule has 0 radical (unpaired) electrons. The molecule has 1 aliphatic rings. The number of phenolic OH excluding ortho intramolecular Hbond substituents is 1. The highest BCUT2D eigenvalue weighted by Crippen LogP contribution is 2.41. The number of aromatic hydroxyl groups is 1. The maximum Gasteiger partial charge on any atom is 0.295 e. The molecule has 0 aliphatic carbocycles. The van der Waals surface area contributed by atoms with Gasteiger partial charge < -0.3 is 24.7 Å². The van der Waals surface area contributed by atoms with Crippen molar-refractivity contribution < 1.29 is 28.9 Å². The van der Waals surface area contributed by atoms with Crippen molar-refractivity contribution in [1.82, 2.24) is 9.80 Å². The van der Waals surface area contributed by atoms with Crippen LogP contribution in [-0.2, 0) is 9.59 Å². The average Bonchev–Trinajstić information content (AvgIpc) is 2.98. The largest absolute Gasteiger partial charge is 0.507 e. The summed E-state index contributed by atoms with van der Waals surface area (Å²) in [6, 6.07) is 8.76. The van der Waals surface area contributed by atoms with Crippen molar-refractivity contribution in [3.63, 3.8) is 0 Å². The van der Waals surface area contributed by atoms with E-state index in [1.807, 2.05) is 19.0 Å². The Kier molecular flexibility index (Phi) is 6.60. The molecular formula is C23H25FN2O5. The Labute approximate surface area is 180 Å². The van der Waals surface area contributed by atoms with Crippen LogP contribution < -0.4 is 4.74 Å². The van der Waals surface area contributed by atoms with Crippen molar-refractivity contribution in [2.24, 2.45) is 0 Å². The highest BCUT2D eigenvalue weighted by Gasteiger charge is 2.46. The van der Waals surface area contributed by atoms with Gasteiger partial charge >= 0.3 is 0 Å². The first-order valence-electron chi connectivity index (χ1n) is 9.80. The number of likely N-dealkylation sites (tertiary alicyclic amines) is 1. The van der Waals surface area contributed by atoms with Crippen molar-refractivity contribution in [3.05, 3.63) is 65.0 Å². The highest BCUT2D eigenvalue weighted by atomic mass is 19.1. The second-order valence-corrected chi connectivity index (χ2v) is 7.58. The second kappa shape index (κ2) is 9.18. The number of benzene rings is 2. The van der Waals surface area contributed by atoms with Gasteiger partial charge in [-0.05, 0) is 56.9 Å². The molecule has 2 aromatic carbocycles. The first-order chi connectivity index (χ1) is 14.7. The van der Waals surface area contributed by atoms with Crippen molar-refractivity contribution >= 4 is 17.4 Å². The number of aliphatic hydroxyl groups excluding tert-OH is 1. The summed E-state index contributed by atoms with van der Waals surface area (Å²) >= 11 is 0. The first kappa shape index (κ1) is 22.3. The summed E-state index contributed by atoms with van der Waals surface area (Å²) in [6.07, 6.45) is 0.603. The van der Waals surface area contributed by atoms with E-state index in [1.54, 1.807) is 0 Å². The summed E-state index contributed by atoms with van der Waals surface area (Å²) in [6.45, 7) is 0.967. The van der Waals surface area contributed by atoms with Crippen LogP contribution in [0.25, 0.3) is 5.76 Å². The van der Waals surface area contributed by atoms with Crippen LogP contribution in [-0.4, -0.2) is 66.0 Å². The minimum atomic E-state index is -0.899. The van der Waals surface area contributed by atoms with Gasteiger partial charge in [0.2, 0.25) is 0 Å². The molecule has 8 heteroatoms. The van der Waals surface area contributed by atoms with Crippen LogP contribution in [0.4, 0.5) is 4.39 Å². The Balaban J connectivity index is 2.11. The summed E-state index contributed by atoms with van der Waals surface area (Å²) in [5.41, 5.74) is 0.334. The van der Waals surface area contributed by atoms with Gasteiger partial charge in [0.25, 0.3) is 11.7 Å². The highest BCUT2D eigenvalue weighted by molar-refractivity contribution is 6.46. The monoisotopic (exact) mass is 428 g/mol. The van der Waals surface area contributed by atoms with Crippen LogP contribution in [0.2, 0.25) is 0 Å². The number of phenols is 1. The van der Waals surface area contributed by atoms with E-state index in [1.165, 1.54) is 54.5 Å². The molecule has 1 heterocycles. The van der Waals surface area contributed by atoms with Gasteiger partial charge in [-0.3, -0.25) is 9.59 Å². The quantitative estimate of drug-likeness (QED) is 0.400. The van der Waals surface area contributed by atoms with E-state index in [9.17, 15) is 24.2 Å². The molecule has 1 amide bonds. The van der Waals surface area contributed by atoms with Gasteiger partial charge in [0, 0.05) is 12.6 Å². The minimum absolute atomic E-state index is 0.000738. The van der Waals surface area contributed by atoms with Gasteiger partial charge in [0.15, 0.2) is 0 Å². The molecule has 0 saturated carbocycles. The lowest BCUT2D eigenvalue weighted by Gasteiger charge is -2.26. The zero-order valence-corrected chi connectivity index (χ0v) is 17.6. The molecule has 1 atom stereocenters. The summed E-state index contributed by atoms with van der Waals surface area (Å²) in [4.78, 5) is 29.1. The zero-order valence-electron chi connectivity index (χ0n) is 17.6. The lowest BCUT2D eigenvalue weighted by molar-refractivity contribution is -0.139. The smallest absolute Gasteiger partial charge is 0.295 e. The Bertz CT molecular complexity index is 1020. The molecule has 2 N–H and O–H groups in total. The fourth-order valence-corrected chi connectivity index (χ4v) is 3.64. The normalized spacial score (nSPS) is 18.1. The minimum Gasteiger partial charge on any atom is -0.507 e. The maximum absolute atomic E-state index is 13.5. The number of rotatable bonds is 7. The number of hydrogen-bond donors (Lipinski definition) is 2. The molecule has 0 unspecified atom stereocenters. The first-order valence-corrected chi connectivity index (χ1v) is 9.80. The van der Waals surface area contributed by atoms with Crippen molar-refractivity contribution in [1.29, 1.82) is 0 Å². The van der Waals surface area contributed by atoms with Crippen LogP contribution in [0.5, 0.6) is 11.5 Å². The molecule has 1 saturated heterocycles. The number of methoxy groups -OCH3 is 1. The van der Waals surface area contributed by atoms with Crippen molar-refractivity contribution in [2.45, 2.75) is 12.5 Å². The Morgan fingerprint density at radius 3 is 2.42 bits per heavy atom. The Morgan fingerprint density at radius 1 is 1.16 bits per heavy atom. The van der Waals surface area contributed by atoms with Gasteiger partial charge in [0.1, 0.15) is 23.1 Å². The maximum atomic E-state index is 13.5. The number of hydrogen-bond acceptors (Lipinski definition) is 6. The summed E-state index contributed by atoms with van der Waals surface area (Å²) in [5.74, 6) is -2.49. The van der Waals surface area contributed by atoms with Crippen LogP contribution >= 0.6 is 0 Å². The van der Waals surface area contributed by atoms with Gasteiger partial charge in [-0.25, -0.2) is 4.39 Å². The number of ketones is 1. The molecule has 2 aromatic rings. The van der Waals surface area contributed by atoms with Crippen LogP contribution in [0, 0.1) is 5.82 Å². The van der Waals surface area contributed by atoms with Crippen LogP contribution in [0.3, 0.4) is 0 Å². The number of carbonyl (C=O) groups is 2. The molecule has 3 rings (SSSR count). The molecule has 0 spiro atoms. The zero-order chi connectivity index (χ0) is 22.7. The van der Waals surface area contributed by atoms with Crippen molar-refractivity contribution in [2.75, 3.05) is 34.3 Å². The Hall–Kier alpha value is -3.39. The molecule has 164 valence electrons. The molecule has 31 heavy (non-hydrogen) atoms. The van der Waals surface area contributed by atoms with E-state index in [2.05, 4.69) is 0 Å². The van der Waals surface area contributed by atoms with Gasteiger partial charge in [0.05, 0.1) is 24.3 Å². The molecule has 0 aromatic heterocycles. The van der Waals surface area contributed by atoms with Gasteiger partial charge in [-0.15, -0.1) is 0 Å². The Morgan fingerprint density at radius 2 is 1.84 bits per heavy atom. The predicted molar refractivity (Wildman–Crippen MR) is 113 cm³/mol. The van der Waals surface area contributed by atoms with E-state index in [0.717, 1.165) is 0 Å². The number of halogens is 1. The molecule has 7 nitrogen and oxygen atoms in total. The third-order valence-corrected chi connectivity index (χ3v) is 5.19. The SMILES string of the molecule is COc1ccc(C(O)=C2C(=O)C(=O)N(CCCN(C)C)[C@@H]2c2ccc(F)cc2)c(O)c1. The lowest BCUT2D eigenvalue weighted by Crippen LogP contribution is -2.32. The van der Waals surface area contributed by atoms with E-state index < -0.39 is 29.3 Å². The third-order valence-electron chi connectivity index (χ3n) is 5.19. The van der Waals surface area contributed by atoms with Crippen molar-refractivity contribution in [3.8, 4) is 11.5 Å². The fourth-order valence-electron chi connectivity index (χ4n) is 3.64. The van der Waals surface area contributed by atoms with Gasteiger partial charge in [-0.2, -0.15) is 0 Å². The predicted octanol–water partition coefficient (Wildman–Crippen LogP) is 2.91. The summed E-state index contributed by atoms with van der Waals surface area (Å²) < 4.78 is 18.6. The summed E-state index contributed by atoms with van der Waals surface area (Å²) in [7, 11) is 5.23. The number of amides is 1. The van der Waals surface area contributed by atoms with E-state index >= 15 is 0 Å². The van der Waals surface area contributed by atoms with Gasteiger partial charge in [-0.1, -0.05) is 12.1 Å². The standard InChI is InChI=1S/C23H25FN2O5/c1-25(2)11-4-12-26-20(14-5-7-15(24)8-6-14)19(22(29)23(26)30)21(28)17-10-9-16(31-3)13-18(17)27/h5-10,13,20,27-28H,4,11-12H2,1-3H3/t20-/m1/s1. The van der Waals surface area contributed by atoms with E-state index in [4.69, 9.17) is 4.74 Å². The number of nitrogens with zero attached hydrogens (tertiary/aromatic N) is 2. The van der Waals surface area contributed by atoms with Crippen LogP contribution in [0.15, 0.2) is 48.0 Å². The fraction of sp³-hybridized carbons (Fsp3) is 0.304. The van der Waals surface area contributed by atoms with E-state index in [-0.39, 0.29) is 23.4 Å². The molecule has 1 aliphatic heterocycles. The number of ether oxygens (including phenoxy) is 1. The van der Waals surface area contributed by atoms with E-state index in [0.29, 0.717) is 24.3 Å². The number of carbonyl (C=O) groups excluding carboxylic acids is 2. The second-order valence-electron chi connectivity index (χ2n) is 7.58. The topological polar surface area (TPSA) is 90.3 Å². The molecular weight excluding hydrogens is 403 g/mol. The van der Waals surface area contributed by atoms with Crippen LogP contribution in [0.1, 0.15) is 23.6 Å². The molecule has 1 fully saturated rings. The number of aliphatic hydroxyl groups is 1. The number of Topliss-reactive ketones (excluding diaryl/α,β-unsaturated/α-hetero) is 1. The average molecular weight is 428 g/mol. The third kappa shape index (κ3) is 4.54. The lowest BCUT2D eigenvalue weighted by atomic mass is 9.95.